The van der Waals surface area contributed by atoms with Crippen LogP contribution in [-0.4, -0.2) is 21.6 Å². The average Bonchev–Trinajstić information content (AvgIpc) is 3.01. The first kappa shape index (κ1) is 18.2. The van der Waals surface area contributed by atoms with Crippen molar-refractivity contribution in [1.29, 1.82) is 5.26 Å². The zero-order valence-electron chi connectivity index (χ0n) is 12.6. The lowest BCUT2D eigenvalue weighted by Gasteiger charge is -2.14. The lowest BCUT2D eigenvalue weighted by molar-refractivity contribution is -0.00825. The van der Waals surface area contributed by atoms with E-state index in [4.69, 9.17) is 9.78 Å². The van der Waals surface area contributed by atoms with E-state index in [2.05, 4.69) is 14.7 Å². The third-order valence-corrected chi connectivity index (χ3v) is 4.33. The van der Waals surface area contributed by atoms with Crippen molar-refractivity contribution in [2.24, 2.45) is 0 Å². The van der Waals surface area contributed by atoms with Gasteiger partial charge in [-0.1, -0.05) is 24.2 Å². The Bertz CT molecular complexity index is 803. The molecule has 0 fully saturated rings. The van der Waals surface area contributed by atoms with Crippen LogP contribution < -0.4 is 0 Å². The summed E-state index contributed by atoms with van der Waals surface area (Å²) in [6, 6.07) is 7.04. The molecule has 1 N–H and O–H groups in total. The monoisotopic (exact) mass is 357 g/mol. The van der Waals surface area contributed by atoms with E-state index in [1.807, 2.05) is 0 Å². The average molecular weight is 357 g/mol. The molecule has 10 heteroatoms. The Morgan fingerprint density at radius 2 is 2.25 bits per heavy atom. The second-order valence-corrected chi connectivity index (χ2v) is 6.73. The van der Waals surface area contributed by atoms with Crippen LogP contribution >= 0.6 is 7.60 Å². The Morgan fingerprint density at radius 3 is 2.92 bits per heavy atom. The minimum atomic E-state index is -4.08. The molecule has 0 aliphatic heterocycles. The molecule has 128 valence electrons. The van der Waals surface area contributed by atoms with E-state index in [0.717, 1.165) is 0 Å². The van der Waals surface area contributed by atoms with E-state index in [1.165, 1.54) is 31.2 Å². The largest absolute Gasteiger partial charge is 0.336 e. The highest BCUT2D eigenvalue weighted by Crippen LogP contribution is 2.45. The van der Waals surface area contributed by atoms with Crippen molar-refractivity contribution in [3.63, 3.8) is 0 Å². The molecule has 1 heterocycles. The second kappa shape index (κ2) is 7.18. The molecule has 0 aliphatic rings. The fourth-order valence-corrected chi connectivity index (χ4v) is 2.71. The molecule has 0 amide bonds. The molecule has 1 atom stereocenters. The smallest absolute Gasteiger partial charge is 0.334 e. The lowest BCUT2D eigenvalue weighted by Crippen LogP contribution is -2.11. The van der Waals surface area contributed by atoms with Gasteiger partial charge in [-0.05, 0) is 12.1 Å². The summed E-state index contributed by atoms with van der Waals surface area (Å²) in [5.74, 6) is -3.16. The molecule has 1 aromatic carbocycles. The Balaban J connectivity index is 2.21. The van der Waals surface area contributed by atoms with Gasteiger partial charge in [0.1, 0.15) is 12.8 Å². The van der Waals surface area contributed by atoms with Gasteiger partial charge in [0, 0.05) is 17.5 Å². The van der Waals surface area contributed by atoms with Crippen LogP contribution in [0.5, 0.6) is 0 Å². The van der Waals surface area contributed by atoms with E-state index in [0.29, 0.717) is 0 Å². The fourth-order valence-electron chi connectivity index (χ4n) is 1.87. The Labute approximate surface area is 136 Å². The summed E-state index contributed by atoms with van der Waals surface area (Å²) in [5.41, 5.74) is 0.0810. The molecule has 2 rings (SSSR count). The van der Waals surface area contributed by atoms with Crippen molar-refractivity contribution in [3.8, 4) is 17.5 Å². The van der Waals surface area contributed by atoms with E-state index >= 15 is 0 Å². The number of nitriles is 1. The van der Waals surface area contributed by atoms with E-state index < -0.39 is 26.3 Å². The summed E-state index contributed by atoms with van der Waals surface area (Å²) < 4.78 is 48.6. The summed E-state index contributed by atoms with van der Waals surface area (Å²) in [6.45, 7) is 0.824. The molecule has 0 saturated heterocycles. The Morgan fingerprint density at radius 1 is 1.50 bits per heavy atom. The molecule has 2 aromatic rings. The number of alkyl halides is 2. The number of hydrogen-bond donors (Lipinski definition) is 1. The predicted octanol–water partition coefficient (Wildman–Crippen LogP) is 3.46. The third-order valence-electron chi connectivity index (χ3n) is 3.12. The summed E-state index contributed by atoms with van der Waals surface area (Å²) >= 11 is 0. The first-order chi connectivity index (χ1) is 11.3. The molecule has 0 aliphatic carbocycles. The Hall–Kier alpha value is -2.14. The first-order valence-corrected chi connectivity index (χ1v) is 8.68. The van der Waals surface area contributed by atoms with Crippen molar-refractivity contribution >= 4 is 7.60 Å². The van der Waals surface area contributed by atoms with Crippen molar-refractivity contribution in [1.82, 2.24) is 10.1 Å². The molecule has 1 aromatic heterocycles. The van der Waals surface area contributed by atoms with E-state index in [-0.39, 0.29) is 29.3 Å². The molecule has 0 radical (unpaired) electrons. The first-order valence-electron chi connectivity index (χ1n) is 6.92. The number of rotatable bonds is 7. The fraction of sp³-hybridized carbons (Fsp3) is 0.357. The highest BCUT2D eigenvalue weighted by Gasteiger charge is 2.29. The summed E-state index contributed by atoms with van der Waals surface area (Å²) in [4.78, 5) is 13.4. The number of hydrogen-bond acceptors (Lipinski definition) is 6. The van der Waals surface area contributed by atoms with Crippen molar-refractivity contribution < 1.29 is 27.3 Å². The van der Waals surface area contributed by atoms with Gasteiger partial charge in [-0.3, -0.25) is 9.09 Å². The van der Waals surface area contributed by atoms with Crippen LogP contribution in [0.4, 0.5) is 8.78 Å². The molecule has 7 nitrogen and oxygen atoms in total. The van der Waals surface area contributed by atoms with Gasteiger partial charge < -0.3 is 9.42 Å². The summed E-state index contributed by atoms with van der Waals surface area (Å²) in [5, 5.41) is 11.9. The van der Waals surface area contributed by atoms with Gasteiger partial charge in [0.25, 0.3) is 11.8 Å². The number of nitrogens with zero attached hydrogens (tertiary/aromatic N) is 3. The van der Waals surface area contributed by atoms with E-state index in [1.54, 1.807) is 6.07 Å². The van der Waals surface area contributed by atoms with Crippen LogP contribution in [0, 0.1) is 11.3 Å². The molecular formula is C14H14F2N3O4P. The van der Waals surface area contributed by atoms with Crippen molar-refractivity contribution in [2.75, 3.05) is 6.61 Å². The molecule has 1 unspecified atom stereocenters. The van der Waals surface area contributed by atoms with Crippen LogP contribution in [0.3, 0.4) is 0 Å². The van der Waals surface area contributed by atoms with Crippen LogP contribution in [0.1, 0.15) is 24.7 Å². The molecular weight excluding hydrogens is 343 g/mol. The predicted molar refractivity (Wildman–Crippen MR) is 79.0 cm³/mol. The van der Waals surface area contributed by atoms with Crippen LogP contribution in [0.25, 0.3) is 11.5 Å². The zero-order valence-corrected chi connectivity index (χ0v) is 13.5. The normalized spacial score (nSPS) is 14.1. The minimum Gasteiger partial charge on any atom is -0.334 e. The standard InChI is InChI=1S/C14H14F2N3O4P/c1-2-14(15,16)11-5-3-4-10(8-11)13-18-12(19-23-13)9-24(20,21)22-7-6-17/h3-5,8H,2,7,9H2,1H3,(H,20,21). The molecule has 0 spiro atoms. The summed E-state index contributed by atoms with van der Waals surface area (Å²) in [6.07, 6.45) is -0.904. The van der Waals surface area contributed by atoms with Gasteiger partial charge in [-0.2, -0.15) is 10.2 Å². The second-order valence-electron chi connectivity index (χ2n) is 4.88. The zero-order chi connectivity index (χ0) is 17.8. The van der Waals surface area contributed by atoms with Gasteiger partial charge in [-0.15, -0.1) is 0 Å². The molecule has 0 bridgehead atoms. The van der Waals surface area contributed by atoms with Gasteiger partial charge >= 0.3 is 7.60 Å². The summed E-state index contributed by atoms with van der Waals surface area (Å²) in [7, 11) is -4.08. The van der Waals surface area contributed by atoms with Crippen LogP contribution in [0.15, 0.2) is 28.8 Å². The lowest BCUT2D eigenvalue weighted by atomic mass is 10.0. The van der Waals surface area contributed by atoms with Gasteiger partial charge in [-0.25, -0.2) is 8.78 Å². The number of benzene rings is 1. The Kier molecular flexibility index (Phi) is 5.44. The number of aromatic nitrogens is 2. The molecule has 24 heavy (non-hydrogen) atoms. The quantitative estimate of drug-likeness (QED) is 0.756. The maximum Gasteiger partial charge on any atom is 0.336 e. The van der Waals surface area contributed by atoms with Gasteiger partial charge in [0.15, 0.2) is 5.82 Å². The maximum atomic E-state index is 13.7. The van der Waals surface area contributed by atoms with E-state index in [9.17, 15) is 18.2 Å². The van der Waals surface area contributed by atoms with Crippen molar-refractivity contribution in [3.05, 3.63) is 35.7 Å². The third kappa shape index (κ3) is 4.45. The van der Waals surface area contributed by atoms with Gasteiger partial charge in [0.05, 0.1) is 6.07 Å². The topological polar surface area (TPSA) is 109 Å². The molecule has 0 saturated carbocycles. The minimum absolute atomic E-state index is 0.0564. The highest BCUT2D eigenvalue weighted by molar-refractivity contribution is 7.51. The maximum absolute atomic E-state index is 13.7. The van der Waals surface area contributed by atoms with Crippen LogP contribution in [0.2, 0.25) is 0 Å². The van der Waals surface area contributed by atoms with Crippen LogP contribution in [-0.2, 0) is 21.2 Å². The van der Waals surface area contributed by atoms with Crippen molar-refractivity contribution in [2.45, 2.75) is 25.4 Å². The van der Waals surface area contributed by atoms with Gasteiger partial charge in [0.2, 0.25) is 0 Å². The number of halogens is 2. The SMILES string of the molecule is CCC(F)(F)c1cccc(-c2nc(CP(=O)(O)OCC#N)no2)c1. The highest BCUT2D eigenvalue weighted by atomic mass is 31.2.